The summed E-state index contributed by atoms with van der Waals surface area (Å²) in [6.07, 6.45) is 4.32. The number of ether oxygens (including phenoxy) is 2. The molecule has 0 aliphatic carbocycles. The van der Waals surface area contributed by atoms with Crippen LogP contribution in [0.2, 0.25) is 0 Å². The Labute approximate surface area is 156 Å². The highest BCUT2D eigenvalue weighted by Crippen LogP contribution is 2.35. The number of nitrogens with zero attached hydrogens (tertiary/aromatic N) is 1. The molecule has 0 N–H and O–H groups in total. The SMILES string of the molecule is O=C1O/C(=C\c2ccc(OCCc3ccccn3)cc2)C(Br)=C1Br. The van der Waals surface area contributed by atoms with Gasteiger partial charge >= 0.3 is 5.97 Å². The Balaban J connectivity index is 1.59. The van der Waals surface area contributed by atoms with Crippen LogP contribution in [-0.2, 0) is 16.0 Å². The quantitative estimate of drug-likeness (QED) is 0.624. The lowest BCUT2D eigenvalue weighted by Gasteiger charge is -2.06. The molecule has 0 saturated carbocycles. The number of hydrogen-bond donors (Lipinski definition) is 0. The Morgan fingerprint density at radius 3 is 2.50 bits per heavy atom. The van der Waals surface area contributed by atoms with Crippen molar-refractivity contribution < 1.29 is 14.3 Å². The van der Waals surface area contributed by atoms with Crippen molar-refractivity contribution in [1.82, 2.24) is 4.98 Å². The molecule has 0 fully saturated rings. The minimum atomic E-state index is -0.400. The van der Waals surface area contributed by atoms with E-state index in [-0.39, 0.29) is 0 Å². The van der Waals surface area contributed by atoms with Gasteiger partial charge in [-0.15, -0.1) is 0 Å². The van der Waals surface area contributed by atoms with Gasteiger partial charge in [0, 0.05) is 18.3 Å². The summed E-state index contributed by atoms with van der Waals surface area (Å²) in [6, 6.07) is 13.4. The maximum absolute atomic E-state index is 11.5. The summed E-state index contributed by atoms with van der Waals surface area (Å²) in [7, 11) is 0. The van der Waals surface area contributed by atoms with Crippen LogP contribution in [0.5, 0.6) is 5.75 Å². The lowest BCUT2D eigenvalue weighted by atomic mass is 10.2. The molecule has 0 saturated heterocycles. The predicted molar refractivity (Wildman–Crippen MR) is 98.8 cm³/mol. The highest BCUT2D eigenvalue weighted by molar-refractivity contribution is 9.14. The highest BCUT2D eigenvalue weighted by Gasteiger charge is 2.26. The minimum absolute atomic E-state index is 0.392. The first-order valence-electron chi connectivity index (χ1n) is 7.26. The van der Waals surface area contributed by atoms with Crippen molar-refractivity contribution in [2.45, 2.75) is 6.42 Å². The first-order chi connectivity index (χ1) is 11.6. The van der Waals surface area contributed by atoms with Gasteiger partial charge in [-0.05, 0) is 67.8 Å². The fraction of sp³-hybridized carbons (Fsp3) is 0.111. The van der Waals surface area contributed by atoms with E-state index in [9.17, 15) is 4.79 Å². The number of benzene rings is 1. The lowest BCUT2D eigenvalue weighted by molar-refractivity contribution is -0.132. The van der Waals surface area contributed by atoms with Gasteiger partial charge in [0.15, 0.2) is 0 Å². The van der Waals surface area contributed by atoms with Gasteiger partial charge in [0.1, 0.15) is 16.0 Å². The normalized spacial score (nSPS) is 15.8. The summed E-state index contributed by atoms with van der Waals surface area (Å²) in [5.74, 6) is 0.866. The zero-order chi connectivity index (χ0) is 16.9. The average Bonchev–Trinajstić information content (AvgIpc) is 2.84. The number of rotatable bonds is 5. The molecule has 4 nitrogen and oxygen atoms in total. The molecule has 3 rings (SSSR count). The minimum Gasteiger partial charge on any atom is -0.493 e. The van der Waals surface area contributed by atoms with E-state index in [0.29, 0.717) is 21.3 Å². The van der Waals surface area contributed by atoms with Crippen LogP contribution in [0.15, 0.2) is 63.4 Å². The standard InChI is InChI=1S/C18H13Br2NO3/c19-16-15(24-18(22)17(16)20)11-12-4-6-14(7-5-12)23-10-8-13-3-1-2-9-21-13/h1-7,9,11H,8,10H2/b15-11-. The van der Waals surface area contributed by atoms with Gasteiger partial charge in [-0.3, -0.25) is 4.98 Å². The summed E-state index contributed by atoms with van der Waals surface area (Å²) >= 11 is 6.50. The van der Waals surface area contributed by atoms with Gasteiger partial charge in [-0.1, -0.05) is 18.2 Å². The smallest absolute Gasteiger partial charge is 0.351 e. The van der Waals surface area contributed by atoms with Crippen LogP contribution >= 0.6 is 31.9 Å². The van der Waals surface area contributed by atoms with Crippen molar-refractivity contribution in [2.24, 2.45) is 0 Å². The third-order valence-corrected chi connectivity index (χ3v) is 5.36. The summed E-state index contributed by atoms with van der Waals surface area (Å²) in [6.45, 7) is 0.566. The van der Waals surface area contributed by atoms with Gasteiger partial charge in [0.2, 0.25) is 0 Å². The maximum Gasteiger partial charge on any atom is 0.351 e. The molecule has 0 unspecified atom stereocenters. The molecule has 0 atom stereocenters. The fourth-order valence-corrected chi connectivity index (χ4v) is 2.74. The molecule has 2 aromatic rings. The van der Waals surface area contributed by atoms with Gasteiger partial charge < -0.3 is 9.47 Å². The number of allylic oxidation sites excluding steroid dienone is 1. The molecule has 1 aliphatic heterocycles. The zero-order valence-corrected chi connectivity index (χ0v) is 15.7. The molecule has 6 heteroatoms. The summed E-state index contributed by atoms with van der Waals surface area (Å²) in [4.78, 5) is 15.7. The van der Waals surface area contributed by atoms with Crippen molar-refractivity contribution >= 4 is 43.9 Å². The number of halogens is 2. The molecule has 0 radical (unpaired) electrons. The van der Waals surface area contributed by atoms with Crippen molar-refractivity contribution in [2.75, 3.05) is 6.61 Å². The van der Waals surface area contributed by atoms with Crippen molar-refractivity contribution in [3.05, 3.63) is 74.6 Å². The predicted octanol–water partition coefficient (Wildman–Crippen LogP) is 4.60. The van der Waals surface area contributed by atoms with Crippen molar-refractivity contribution in [1.29, 1.82) is 0 Å². The molecule has 24 heavy (non-hydrogen) atoms. The van der Waals surface area contributed by atoms with Crippen molar-refractivity contribution in [3.8, 4) is 5.75 Å². The van der Waals surface area contributed by atoms with Crippen LogP contribution in [0.4, 0.5) is 0 Å². The molecule has 2 heterocycles. The molecule has 122 valence electrons. The van der Waals surface area contributed by atoms with E-state index in [1.54, 1.807) is 12.3 Å². The van der Waals surface area contributed by atoms with Crippen LogP contribution < -0.4 is 4.74 Å². The molecule has 0 amide bonds. The third kappa shape index (κ3) is 4.13. The van der Waals surface area contributed by atoms with E-state index >= 15 is 0 Å². The van der Waals surface area contributed by atoms with E-state index in [1.807, 2.05) is 42.5 Å². The first-order valence-corrected chi connectivity index (χ1v) is 8.84. The van der Waals surface area contributed by atoms with E-state index < -0.39 is 5.97 Å². The lowest BCUT2D eigenvalue weighted by Crippen LogP contribution is -2.02. The number of carbonyl (C=O) groups is 1. The first kappa shape index (κ1) is 16.9. The zero-order valence-electron chi connectivity index (χ0n) is 12.5. The summed E-state index contributed by atoms with van der Waals surface area (Å²) in [5, 5.41) is 0. The number of cyclic esters (lactones) is 1. The maximum atomic E-state index is 11.5. The second-order valence-corrected chi connectivity index (χ2v) is 6.60. The largest absolute Gasteiger partial charge is 0.493 e. The topological polar surface area (TPSA) is 48.4 Å². The Hall–Kier alpha value is -1.92. The van der Waals surface area contributed by atoms with Gasteiger partial charge in [-0.25, -0.2) is 4.79 Å². The molecule has 1 aromatic heterocycles. The second-order valence-electron chi connectivity index (χ2n) is 5.01. The van der Waals surface area contributed by atoms with Crippen LogP contribution in [0.1, 0.15) is 11.3 Å². The molecule has 0 bridgehead atoms. The van der Waals surface area contributed by atoms with Crippen LogP contribution in [0.25, 0.3) is 6.08 Å². The summed E-state index contributed by atoms with van der Waals surface area (Å²) in [5.41, 5.74) is 1.91. The molecule has 1 aliphatic rings. The Morgan fingerprint density at radius 1 is 1.08 bits per heavy atom. The van der Waals surface area contributed by atoms with Gasteiger partial charge in [0.05, 0.1) is 11.1 Å². The molecular weight excluding hydrogens is 438 g/mol. The molecule has 0 spiro atoms. The van der Waals surface area contributed by atoms with Crippen LogP contribution in [0, 0.1) is 0 Å². The van der Waals surface area contributed by atoms with Crippen molar-refractivity contribution in [3.63, 3.8) is 0 Å². The van der Waals surface area contributed by atoms with Crippen LogP contribution in [0.3, 0.4) is 0 Å². The molecular formula is C18H13Br2NO3. The van der Waals surface area contributed by atoms with E-state index in [4.69, 9.17) is 9.47 Å². The third-order valence-electron chi connectivity index (χ3n) is 3.32. The number of carbonyl (C=O) groups excluding carboxylic acids is 1. The summed E-state index contributed by atoms with van der Waals surface area (Å²) < 4.78 is 11.9. The number of esters is 1. The Bertz CT molecular complexity index is 799. The van der Waals surface area contributed by atoms with E-state index in [1.165, 1.54) is 0 Å². The number of aromatic nitrogens is 1. The van der Waals surface area contributed by atoms with E-state index in [0.717, 1.165) is 23.4 Å². The Morgan fingerprint density at radius 2 is 1.88 bits per heavy atom. The monoisotopic (exact) mass is 449 g/mol. The Kier molecular flexibility index (Phi) is 5.48. The number of pyridine rings is 1. The number of hydrogen-bond acceptors (Lipinski definition) is 4. The fourth-order valence-electron chi connectivity index (χ4n) is 2.11. The van der Waals surface area contributed by atoms with Gasteiger partial charge in [-0.2, -0.15) is 0 Å². The van der Waals surface area contributed by atoms with Gasteiger partial charge in [0.25, 0.3) is 0 Å². The van der Waals surface area contributed by atoms with Crippen LogP contribution in [-0.4, -0.2) is 17.6 Å². The molecule has 1 aromatic carbocycles. The average molecular weight is 451 g/mol. The van der Waals surface area contributed by atoms with E-state index in [2.05, 4.69) is 36.8 Å². The highest BCUT2D eigenvalue weighted by atomic mass is 79.9. The second kappa shape index (κ2) is 7.77.